The van der Waals surface area contributed by atoms with Crippen LogP contribution in [0.4, 0.5) is 4.39 Å². The van der Waals surface area contributed by atoms with Crippen molar-refractivity contribution in [1.29, 1.82) is 0 Å². The molecule has 4 heteroatoms. The summed E-state index contributed by atoms with van der Waals surface area (Å²) in [6, 6.07) is 8.28. The number of carboxylic acids is 1. The molecule has 0 spiro atoms. The minimum absolute atomic E-state index is 0.0928. The van der Waals surface area contributed by atoms with Gasteiger partial charge in [-0.2, -0.15) is 0 Å². The van der Waals surface area contributed by atoms with E-state index >= 15 is 0 Å². The Balaban J connectivity index is 1.40. The van der Waals surface area contributed by atoms with Gasteiger partial charge in [-0.05, 0) is 95.6 Å². The Labute approximate surface area is 177 Å². The Bertz CT molecular complexity index is 1030. The summed E-state index contributed by atoms with van der Waals surface area (Å²) in [6.07, 6.45) is 11.8. The van der Waals surface area contributed by atoms with E-state index in [0.717, 1.165) is 36.8 Å². The molecule has 4 atom stereocenters. The highest BCUT2D eigenvalue weighted by atomic mass is 19.1. The van der Waals surface area contributed by atoms with E-state index in [1.165, 1.54) is 29.3 Å². The molecule has 1 aromatic heterocycles. The van der Waals surface area contributed by atoms with Gasteiger partial charge in [0.2, 0.25) is 0 Å². The van der Waals surface area contributed by atoms with Gasteiger partial charge in [0, 0.05) is 12.6 Å². The third-order valence-corrected chi connectivity index (χ3v) is 8.02. The summed E-state index contributed by atoms with van der Waals surface area (Å²) in [7, 11) is 0. The number of aliphatic carboxylic acids is 1. The normalized spacial score (nSPS) is 29.5. The first-order chi connectivity index (χ1) is 14.5. The second-order valence-corrected chi connectivity index (χ2v) is 9.54. The zero-order valence-corrected chi connectivity index (χ0v) is 17.4. The average Bonchev–Trinajstić information content (AvgIpc) is 3.09. The van der Waals surface area contributed by atoms with Gasteiger partial charge in [-0.25, -0.2) is 4.39 Å². The number of carboxylic acid groups (broad SMARTS) is 1. The number of pyridine rings is 1. The van der Waals surface area contributed by atoms with Crippen molar-refractivity contribution in [1.82, 2.24) is 4.98 Å². The molecule has 3 aliphatic carbocycles. The van der Waals surface area contributed by atoms with Gasteiger partial charge in [-0.3, -0.25) is 9.78 Å². The van der Waals surface area contributed by atoms with E-state index in [9.17, 15) is 9.18 Å². The Morgan fingerprint density at radius 1 is 1.27 bits per heavy atom. The van der Waals surface area contributed by atoms with Crippen LogP contribution < -0.4 is 0 Å². The van der Waals surface area contributed by atoms with Crippen molar-refractivity contribution in [3.05, 3.63) is 70.8 Å². The van der Waals surface area contributed by atoms with Crippen molar-refractivity contribution < 1.29 is 14.3 Å². The van der Waals surface area contributed by atoms with E-state index in [0.29, 0.717) is 24.2 Å². The van der Waals surface area contributed by atoms with Crippen molar-refractivity contribution in [2.24, 2.45) is 17.3 Å². The van der Waals surface area contributed by atoms with E-state index < -0.39 is 5.97 Å². The zero-order chi connectivity index (χ0) is 20.9. The van der Waals surface area contributed by atoms with Crippen LogP contribution in [0.3, 0.4) is 0 Å². The minimum atomic E-state index is -0.739. The highest BCUT2D eigenvalue weighted by Crippen LogP contribution is 2.63. The van der Waals surface area contributed by atoms with E-state index in [1.54, 1.807) is 6.07 Å². The van der Waals surface area contributed by atoms with Crippen LogP contribution in [0.2, 0.25) is 0 Å². The highest BCUT2D eigenvalue weighted by Gasteiger charge is 2.51. The summed E-state index contributed by atoms with van der Waals surface area (Å²) in [4.78, 5) is 15.0. The fraction of sp³-hybridized carbons (Fsp3) is 0.462. The lowest BCUT2D eigenvalue weighted by Crippen LogP contribution is -2.40. The van der Waals surface area contributed by atoms with Gasteiger partial charge >= 0.3 is 5.97 Å². The van der Waals surface area contributed by atoms with Gasteiger partial charge < -0.3 is 5.11 Å². The predicted molar refractivity (Wildman–Crippen MR) is 115 cm³/mol. The largest absolute Gasteiger partial charge is 0.481 e. The monoisotopic (exact) mass is 405 g/mol. The first-order valence-corrected chi connectivity index (χ1v) is 11.1. The number of benzene rings is 1. The fourth-order valence-corrected chi connectivity index (χ4v) is 6.62. The average molecular weight is 406 g/mol. The maximum atomic E-state index is 13.8. The number of rotatable bonds is 4. The summed E-state index contributed by atoms with van der Waals surface area (Å²) in [5.74, 6) is 0.821. The fourth-order valence-electron chi connectivity index (χ4n) is 6.62. The van der Waals surface area contributed by atoms with Gasteiger partial charge in [0.25, 0.3) is 0 Å². The van der Waals surface area contributed by atoms with Crippen molar-refractivity contribution in [2.45, 2.75) is 57.8 Å². The molecular formula is C26H28FNO2. The minimum Gasteiger partial charge on any atom is -0.481 e. The molecule has 0 aliphatic heterocycles. The van der Waals surface area contributed by atoms with Crippen LogP contribution in [0, 0.1) is 23.1 Å². The molecule has 3 nitrogen and oxygen atoms in total. The quantitative estimate of drug-likeness (QED) is 0.701. The third-order valence-electron chi connectivity index (χ3n) is 8.02. The lowest BCUT2D eigenvalue weighted by molar-refractivity contribution is -0.136. The smallest absolute Gasteiger partial charge is 0.303 e. The molecule has 156 valence electrons. The number of nitrogens with zero attached hydrogens (tertiary/aromatic N) is 1. The molecule has 1 N–H and O–H groups in total. The second-order valence-electron chi connectivity index (χ2n) is 9.54. The summed E-state index contributed by atoms with van der Waals surface area (Å²) in [5, 5.41) is 8.97. The maximum Gasteiger partial charge on any atom is 0.303 e. The van der Waals surface area contributed by atoms with Crippen LogP contribution in [0.5, 0.6) is 0 Å². The maximum absolute atomic E-state index is 13.8. The van der Waals surface area contributed by atoms with Crippen molar-refractivity contribution >= 4 is 11.5 Å². The summed E-state index contributed by atoms with van der Waals surface area (Å²) >= 11 is 0. The van der Waals surface area contributed by atoms with E-state index in [-0.39, 0.29) is 17.7 Å². The van der Waals surface area contributed by atoms with Gasteiger partial charge in [0.1, 0.15) is 5.82 Å². The Hall–Kier alpha value is -2.49. The van der Waals surface area contributed by atoms with E-state index in [2.05, 4.69) is 36.2 Å². The Kier molecular flexibility index (Phi) is 4.76. The van der Waals surface area contributed by atoms with Crippen molar-refractivity contribution in [3.8, 4) is 0 Å². The van der Waals surface area contributed by atoms with Crippen molar-refractivity contribution in [2.75, 3.05) is 0 Å². The summed E-state index contributed by atoms with van der Waals surface area (Å²) < 4.78 is 13.8. The van der Waals surface area contributed by atoms with Crippen LogP contribution in [0.15, 0.2) is 42.7 Å². The molecule has 1 aromatic carbocycles. The predicted octanol–water partition coefficient (Wildman–Crippen LogP) is 5.79. The van der Waals surface area contributed by atoms with Crippen LogP contribution in [-0.4, -0.2) is 16.1 Å². The first-order valence-electron chi connectivity index (χ1n) is 11.1. The molecule has 0 bridgehead atoms. The number of aromatic nitrogens is 1. The van der Waals surface area contributed by atoms with E-state index in [4.69, 9.17) is 5.11 Å². The molecule has 1 heterocycles. The Morgan fingerprint density at radius 2 is 2.13 bits per heavy atom. The van der Waals surface area contributed by atoms with E-state index in [1.807, 2.05) is 6.20 Å². The molecule has 0 saturated heterocycles. The van der Waals surface area contributed by atoms with Crippen LogP contribution >= 0.6 is 0 Å². The van der Waals surface area contributed by atoms with Gasteiger partial charge in [0.05, 0.1) is 6.20 Å². The molecule has 1 fully saturated rings. The Morgan fingerprint density at radius 3 is 2.93 bits per heavy atom. The number of fused-ring (bicyclic) bond motifs is 5. The van der Waals surface area contributed by atoms with Gasteiger partial charge in [-0.1, -0.05) is 31.2 Å². The number of halogens is 1. The summed E-state index contributed by atoms with van der Waals surface area (Å²) in [6.45, 7) is 2.38. The standard InChI is InChI=1S/C26H28FNO2/c1-26-11-10-21-20-5-2-16(3-9-25(29)30)12-17(20)4-6-22(21)24(26)8-7-23(26)18-13-19(27)15-28-14-18/h2,5,7,12-15,21-22,24H,3-4,6,8-11H2,1H3,(H,29,30)/t21-,22?,24+,26?/m1/s1. The van der Waals surface area contributed by atoms with Crippen LogP contribution in [-0.2, 0) is 17.6 Å². The molecule has 2 unspecified atom stereocenters. The van der Waals surface area contributed by atoms with Crippen LogP contribution in [0.25, 0.3) is 5.57 Å². The molecule has 1 saturated carbocycles. The molecule has 5 rings (SSSR count). The number of aryl methyl sites for hydroxylation is 2. The zero-order valence-electron chi connectivity index (χ0n) is 17.4. The summed E-state index contributed by atoms with van der Waals surface area (Å²) in [5.41, 5.74) is 6.36. The number of allylic oxidation sites excluding steroid dienone is 2. The second kappa shape index (κ2) is 7.33. The topological polar surface area (TPSA) is 50.2 Å². The lowest BCUT2D eigenvalue weighted by Gasteiger charge is -2.50. The molecular weight excluding hydrogens is 377 g/mol. The highest BCUT2D eigenvalue weighted by molar-refractivity contribution is 5.72. The number of hydrogen-bond acceptors (Lipinski definition) is 2. The number of carbonyl (C=O) groups is 1. The molecule has 30 heavy (non-hydrogen) atoms. The third kappa shape index (κ3) is 3.17. The first kappa shape index (κ1) is 19.5. The van der Waals surface area contributed by atoms with Crippen LogP contribution in [0.1, 0.15) is 67.2 Å². The molecule has 0 radical (unpaired) electrons. The lowest BCUT2D eigenvalue weighted by atomic mass is 9.54. The molecule has 2 aromatic rings. The van der Waals surface area contributed by atoms with Gasteiger partial charge in [-0.15, -0.1) is 0 Å². The van der Waals surface area contributed by atoms with Crippen molar-refractivity contribution in [3.63, 3.8) is 0 Å². The number of hydrogen-bond donors (Lipinski definition) is 1. The van der Waals surface area contributed by atoms with Gasteiger partial charge in [0.15, 0.2) is 0 Å². The SMILES string of the molecule is CC12CC[C@@H]3c4ccc(CCC(=O)O)cc4CCC3[C@@H]1CC=C2c1cncc(F)c1. The molecule has 0 amide bonds. The molecule has 3 aliphatic rings.